The molecule has 2 rings (SSSR count). The third-order valence-corrected chi connectivity index (χ3v) is 2.99. The molecule has 1 heterocycles. The van der Waals surface area contributed by atoms with Crippen LogP contribution in [0, 0.1) is 0 Å². The van der Waals surface area contributed by atoms with Gasteiger partial charge >= 0.3 is 0 Å². The van der Waals surface area contributed by atoms with Crippen molar-refractivity contribution in [3.63, 3.8) is 0 Å². The smallest absolute Gasteiger partial charge is 0.129 e. The molecule has 100 valence electrons. The first kappa shape index (κ1) is 14.0. The number of halogens is 1. The fourth-order valence-corrected chi connectivity index (χ4v) is 1.86. The molecule has 0 aliphatic heterocycles. The lowest BCUT2D eigenvalue weighted by atomic mass is 10.2. The van der Waals surface area contributed by atoms with Gasteiger partial charge in [0.2, 0.25) is 0 Å². The van der Waals surface area contributed by atoms with Crippen molar-refractivity contribution in [2.45, 2.75) is 13.1 Å². The van der Waals surface area contributed by atoms with Gasteiger partial charge in [0.15, 0.2) is 0 Å². The van der Waals surface area contributed by atoms with Crippen LogP contribution in [-0.2, 0) is 13.1 Å². The van der Waals surface area contributed by atoms with Crippen LogP contribution in [0.4, 0.5) is 0 Å². The second kappa shape index (κ2) is 7.89. The Morgan fingerprint density at radius 3 is 2.16 bits per heavy atom. The molecule has 0 bridgehead atoms. The maximum absolute atomic E-state index is 5.73. The normalized spacial score (nSPS) is 10.6. The Balaban J connectivity index is 1.56. The fourth-order valence-electron chi connectivity index (χ4n) is 1.75. The molecule has 1 aromatic carbocycles. The first-order chi connectivity index (χ1) is 9.34. The Labute approximate surface area is 119 Å². The van der Waals surface area contributed by atoms with Crippen LogP contribution in [0.25, 0.3) is 0 Å². The molecule has 0 fully saturated rings. The van der Waals surface area contributed by atoms with Crippen molar-refractivity contribution >= 4 is 11.6 Å². The molecule has 2 aromatic rings. The van der Waals surface area contributed by atoms with E-state index >= 15 is 0 Å². The van der Waals surface area contributed by atoms with E-state index in [9.17, 15) is 0 Å². The SMILES string of the molecule is Clc1ccc(CNCCNCc2ccccc2)cn1. The Morgan fingerprint density at radius 2 is 1.53 bits per heavy atom. The number of hydrogen-bond donors (Lipinski definition) is 2. The van der Waals surface area contributed by atoms with Gasteiger partial charge in [-0.15, -0.1) is 0 Å². The maximum Gasteiger partial charge on any atom is 0.129 e. The monoisotopic (exact) mass is 275 g/mol. The van der Waals surface area contributed by atoms with Gasteiger partial charge in [0.25, 0.3) is 0 Å². The molecule has 0 aliphatic rings. The quantitative estimate of drug-likeness (QED) is 0.602. The lowest BCUT2D eigenvalue weighted by Crippen LogP contribution is -2.26. The second-order valence-corrected chi connectivity index (χ2v) is 4.72. The van der Waals surface area contributed by atoms with E-state index < -0.39 is 0 Å². The minimum absolute atomic E-state index is 0.535. The van der Waals surface area contributed by atoms with Gasteiger partial charge in [-0.3, -0.25) is 0 Å². The summed E-state index contributed by atoms with van der Waals surface area (Å²) in [7, 11) is 0. The summed E-state index contributed by atoms with van der Waals surface area (Å²) >= 11 is 5.73. The van der Waals surface area contributed by atoms with E-state index in [1.54, 1.807) is 6.20 Å². The van der Waals surface area contributed by atoms with Crippen LogP contribution in [0.1, 0.15) is 11.1 Å². The summed E-state index contributed by atoms with van der Waals surface area (Å²) in [6.45, 7) is 3.59. The topological polar surface area (TPSA) is 37.0 Å². The summed E-state index contributed by atoms with van der Waals surface area (Å²) in [4.78, 5) is 4.04. The molecule has 2 N–H and O–H groups in total. The van der Waals surface area contributed by atoms with Crippen LogP contribution in [0.2, 0.25) is 5.15 Å². The average molecular weight is 276 g/mol. The zero-order valence-corrected chi connectivity index (χ0v) is 11.5. The molecule has 19 heavy (non-hydrogen) atoms. The van der Waals surface area contributed by atoms with E-state index in [1.807, 2.05) is 18.2 Å². The molecule has 0 radical (unpaired) electrons. The molecular formula is C15H18ClN3. The number of nitrogens with one attached hydrogen (secondary N) is 2. The van der Waals surface area contributed by atoms with E-state index in [2.05, 4.69) is 39.9 Å². The van der Waals surface area contributed by atoms with Crippen molar-refractivity contribution in [3.05, 3.63) is 64.9 Å². The van der Waals surface area contributed by atoms with Gasteiger partial charge in [-0.1, -0.05) is 48.0 Å². The summed E-state index contributed by atoms with van der Waals surface area (Å²) in [6, 6.07) is 14.2. The predicted octanol–water partition coefficient (Wildman–Crippen LogP) is 2.61. The predicted molar refractivity (Wildman–Crippen MR) is 79.1 cm³/mol. The van der Waals surface area contributed by atoms with E-state index in [0.717, 1.165) is 31.7 Å². The molecule has 0 unspecified atom stereocenters. The highest BCUT2D eigenvalue weighted by Gasteiger charge is 1.94. The van der Waals surface area contributed by atoms with Crippen molar-refractivity contribution in [2.75, 3.05) is 13.1 Å². The number of pyridine rings is 1. The molecule has 0 saturated carbocycles. The fraction of sp³-hybridized carbons (Fsp3) is 0.267. The molecule has 0 spiro atoms. The molecule has 4 heteroatoms. The van der Waals surface area contributed by atoms with Crippen molar-refractivity contribution in [3.8, 4) is 0 Å². The Kier molecular flexibility index (Phi) is 5.82. The summed E-state index contributed by atoms with van der Waals surface area (Å²) in [6.07, 6.45) is 1.80. The molecule has 0 saturated heterocycles. The van der Waals surface area contributed by atoms with Crippen LogP contribution in [0.5, 0.6) is 0 Å². The van der Waals surface area contributed by atoms with Gasteiger partial charge in [-0.25, -0.2) is 4.98 Å². The van der Waals surface area contributed by atoms with E-state index in [1.165, 1.54) is 5.56 Å². The second-order valence-electron chi connectivity index (χ2n) is 4.33. The summed E-state index contributed by atoms with van der Waals surface area (Å²) in [5.41, 5.74) is 2.46. The molecule has 0 amide bonds. The van der Waals surface area contributed by atoms with Gasteiger partial charge in [0.05, 0.1) is 0 Å². The van der Waals surface area contributed by atoms with Gasteiger partial charge in [-0.2, -0.15) is 0 Å². The Hall–Kier alpha value is -1.42. The Morgan fingerprint density at radius 1 is 0.842 bits per heavy atom. The number of aromatic nitrogens is 1. The highest BCUT2D eigenvalue weighted by atomic mass is 35.5. The van der Waals surface area contributed by atoms with Crippen LogP contribution in [0.3, 0.4) is 0 Å². The van der Waals surface area contributed by atoms with Gasteiger partial charge in [0, 0.05) is 32.4 Å². The highest BCUT2D eigenvalue weighted by Crippen LogP contribution is 2.04. The minimum atomic E-state index is 0.535. The summed E-state index contributed by atoms with van der Waals surface area (Å²) in [5, 5.41) is 7.30. The summed E-state index contributed by atoms with van der Waals surface area (Å²) in [5.74, 6) is 0. The summed E-state index contributed by atoms with van der Waals surface area (Å²) < 4.78 is 0. The maximum atomic E-state index is 5.73. The van der Waals surface area contributed by atoms with Crippen molar-refractivity contribution in [1.82, 2.24) is 15.6 Å². The van der Waals surface area contributed by atoms with Crippen LogP contribution >= 0.6 is 11.6 Å². The van der Waals surface area contributed by atoms with Crippen molar-refractivity contribution in [2.24, 2.45) is 0 Å². The van der Waals surface area contributed by atoms with Crippen molar-refractivity contribution < 1.29 is 0 Å². The van der Waals surface area contributed by atoms with Crippen LogP contribution < -0.4 is 10.6 Å². The van der Waals surface area contributed by atoms with E-state index in [4.69, 9.17) is 11.6 Å². The lowest BCUT2D eigenvalue weighted by Gasteiger charge is -2.06. The van der Waals surface area contributed by atoms with E-state index in [0.29, 0.717) is 5.15 Å². The molecule has 3 nitrogen and oxygen atoms in total. The van der Waals surface area contributed by atoms with Gasteiger partial charge < -0.3 is 10.6 Å². The van der Waals surface area contributed by atoms with Gasteiger partial charge in [-0.05, 0) is 17.2 Å². The number of rotatable bonds is 7. The average Bonchev–Trinajstić information content (AvgIpc) is 2.46. The number of nitrogens with zero attached hydrogens (tertiary/aromatic N) is 1. The Bertz CT molecular complexity index is 471. The van der Waals surface area contributed by atoms with Crippen LogP contribution in [-0.4, -0.2) is 18.1 Å². The van der Waals surface area contributed by atoms with Gasteiger partial charge in [0.1, 0.15) is 5.15 Å². The third-order valence-electron chi connectivity index (χ3n) is 2.77. The largest absolute Gasteiger partial charge is 0.311 e. The number of benzene rings is 1. The minimum Gasteiger partial charge on any atom is -0.311 e. The third kappa shape index (κ3) is 5.39. The zero-order valence-electron chi connectivity index (χ0n) is 10.8. The molecular weight excluding hydrogens is 258 g/mol. The molecule has 1 aromatic heterocycles. The van der Waals surface area contributed by atoms with E-state index in [-0.39, 0.29) is 0 Å². The standard InChI is InChI=1S/C15H18ClN3/c16-15-7-6-14(12-19-15)11-18-9-8-17-10-13-4-2-1-3-5-13/h1-7,12,17-18H,8-11H2. The number of hydrogen-bond acceptors (Lipinski definition) is 3. The molecule has 0 aliphatic carbocycles. The first-order valence-corrected chi connectivity index (χ1v) is 6.78. The zero-order chi connectivity index (χ0) is 13.3. The first-order valence-electron chi connectivity index (χ1n) is 6.40. The lowest BCUT2D eigenvalue weighted by molar-refractivity contribution is 0.610. The highest BCUT2D eigenvalue weighted by molar-refractivity contribution is 6.29. The molecule has 0 atom stereocenters. The van der Waals surface area contributed by atoms with Crippen molar-refractivity contribution in [1.29, 1.82) is 0 Å². The van der Waals surface area contributed by atoms with Crippen LogP contribution in [0.15, 0.2) is 48.7 Å².